The lowest BCUT2D eigenvalue weighted by atomic mass is 9.93. The lowest BCUT2D eigenvalue weighted by Gasteiger charge is -2.20. The van der Waals surface area contributed by atoms with Gasteiger partial charge in [0.2, 0.25) is 0 Å². The highest BCUT2D eigenvalue weighted by Gasteiger charge is 2.43. The van der Waals surface area contributed by atoms with Gasteiger partial charge in [-0.2, -0.15) is 0 Å². The summed E-state index contributed by atoms with van der Waals surface area (Å²) in [6.45, 7) is 4.98. The second-order valence-corrected chi connectivity index (χ2v) is 13.8. The van der Waals surface area contributed by atoms with Gasteiger partial charge in [0, 0.05) is 42.1 Å². The smallest absolute Gasteiger partial charge is 0.338 e. The number of furan rings is 1. The number of aromatic nitrogens is 1. The molecule has 226 valence electrons. The predicted molar refractivity (Wildman–Crippen MR) is 168 cm³/mol. The first-order valence-electron chi connectivity index (χ1n) is 15.0. The molecule has 0 spiro atoms. The minimum atomic E-state index is -0.554. The van der Waals surface area contributed by atoms with Crippen LogP contribution in [0, 0.1) is 23.6 Å². The van der Waals surface area contributed by atoms with E-state index in [-0.39, 0.29) is 5.56 Å². The molecule has 0 N–H and O–H groups in total. The molecule has 1 saturated heterocycles. The summed E-state index contributed by atoms with van der Waals surface area (Å²) in [5.74, 6) is 2.78. The number of nitrogens with zero attached hydrogens (tertiary/aromatic N) is 2. The number of carbonyl (C=O) groups excluding carboxylic acids is 1. The van der Waals surface area contributed by atoms with E-state index in [4.69, 9.17) is 37.1 Å². The number of ether oxygens (including phenoxy) is 2. The number of fused-ring (bicyclic) bond motifs is 2. The number of carbonyl (C=O) groups is 1. The average Bonchev–Trinajstić information content (AvgIpc) is 3.30. The van der Waals surface area contributed by atoms with E-state index in [9.17, 15) is 9.18 Å². The highest BCUT2D eigenvalue weighted by atomic mass is 35.5. The molecule has 0 unspecified atom stereocenters. The lowest BCUT2D eigenvalue weighted by Crippen LogP contribution is -2.24. The normalized spacial score (nSPS) is 21.6. The van der Waals surface area contributed by atoms with Crippen LogP contribution >= 0.6 is 34.5 Å². The van der Waals surface area contributed by atoms with Crippen molar-refractivity contribution in [1.29, 1.82) is 0 Å². The third kappa shape index (κ3) is 5.34. The molecule has 0 radical (unpaired) electrons. The van der Waals surface area contributed by atoms with Crippen molar-refractivity contribution in [2.45, 2.75) is 51.6 Å². The molecule has 3 aliphatic rings. The van der Waals surface area contributed by atoms with E-state index in [1.807, 2.05) is 18.2 Å². The molecule has 43 heavy (non-hydrogen) atoms. The number of halogens is 3. The molecule has 0 bridgehead atoms. The van der Waals surface area contributed by atoms with Crippen molar-refractivity contribution in [2.75, 3.05) is 31.7 Å². The van der Waals surface area contributed by atoms with Crippen molar-refractivity contribution in [3.05, 3.63) is 68.8 Å². The summed E-state index contributed by atoms with van der Waals surface area (Å²) in [5, 5.41) is 2.03. The number of esters is 1. The molecule has 3 fully saturated rings. The number of thiazole rings is 1. The highest BCUT2D eigenvalue weighted by molar-refractivity contribution is 7.22. The predicted octanol–water partition coefficient (Wildman–Crippen LogP) is 8.91. The summed E-state index contributed by atoms with van der Waals surface area (Å²) in [7, 11) is 1.29. The summed E-state index contributed by atoms with van der Waals surface area (Å²) in [4.78, 5) is 18.9. The highest BCUT2D eigenvalue weighted by Crippen LogP contribution is 2.50. The van der Waals surface area contributed by atoms with Crippen LogP contribution in [0.1, 0.15) is 66.0 Å². The maximum Gasteiger partial charge on any atom is 0.338 e. The fourth-order valence-electron chi connectivity index (χ4n) is 7.03. The van der Waals surface area contributed by atoms with E-state index in [1.54, 1.807) is 6.07 Å². The number of hydrogen-bond donors (Lipinski definition) is 0. The van der Waals surface area contributed by atoms with Crippen LogP contribution in [-0.2, 0) is 22.5 Å². The van der Waals surface area contributed by atoms with Gasteiger partial charge in [-0.25, -0.2) is 14.2 Å². The van der Waals surface area contributed by atoms with Crippen molar-refractivity contribution in [3.8, 4) is 11.1 Å². The molecule has 10 heteroatoms. The molecular weight excluding hydrogens is 610 g/mol. The zero-order chi connectivity index (χ0) is 29.8. The number of methoxy groups -OCH3 is 1. The quantitative estimate of drug-likeness (QED) is 0.170. The minimum Gasteiger partial charge on any atom is -0.465 e. The third-order valence-electron chi connectivity index (χ3n) is 9.31. The van der Waals surface area contributed by atoms with Crippen LogP contribution in [-0.4, -0.2) is 37.8 Å². The SMILES string of the molecule is CCc1oc(C2CC2)c(COC[C@@H]2CC[C@H]3CN(c4nc5c(F)cc(C(=O)OC)cc5s4)C[C@@H]23)c1-c1c(Cl)cccc1Cl. The Bertz CT molecular complexity index is 1680. The number of benzene rings is 2. The van der Waals surface area contributed by atoms with E-state index in [1.165, 1.54) is 24.5 Å². The van der Waals surface area contributed by atoms with Gasteiger partial charge in [-0.05, 0) is 67.7 Å². The molecule has 0 amide bonds. The van der Waals surface area contributed by atoms with Crippen LogP contribution in [0.2, 0.25) is 10.0 Å². The van der Waals surface area contributed by atoms with Crippen molar-refractivity contribution in [1.82, 2.24) is 4.98 Å². The molecule has 1 aliphatic heterocycles. The molecule has 6 nitrogen and oxygen atoms in total. The van der Waals surface area contributed by atoms with Crippen molar-refractivity contribution in [2.24, 2.45) is 17.8 Å². The van der Waals surface area contributed by atoms with Gasteiger partial charge in [0.25, 0.3) is 0 Å². The Morgan fingerprint density at radius 2 is 1.93 bits per heavy atom. The van der Waals surface area contributed by atoms with Crippen molar-refractivity contribution in [3.63, 3.8) is 0 Å². The fraction of sp³-hybridized carbons (Fsp3) is 0.455. The minimum absolute atomic E-state index is 0.201. The zero-order valence-corrected chi connectivity index (χ0v) is 26.5. The number of rotatable bonds is 9. The Hall–Kier alpha value is -2.65. The summed E-state index contributed by atoms with van der Waals surface area (Å²) >= 11 is 14.8. The first-order valence-corrected chi connectivity index (χ1v) is 16.5. The molecule has 2 saturated carbocycles. The molecular formula is C33H33Cl2FN2O4S. The number of hydrogen-bond acceptors (Lipinski definition) is 7. The standard InChI is InChI=1S/C33H33Cl2FN2O4S/c1-3-26-28(29-23(34)5-4-6-24(29)35)22(31(42-26)17-7-8-17)16-41-15-19-10-9-18-13-38(14-21(18)19)33-37-30-25(36)11-20(32(39)40-2)12-27(30)43-33/h4-6,11-12,17-19,21H,3,7-10,13-16H2,1-2H3/t18-,19-,21+/m0/s1. The van der Waals surface area contributed by atoms with E-state index in [2.05, 4.69) is 16.8 Å². The van der Waals surface area contributed by atoms with Crippen LogP contribution < -0.4 is 4.90 Å². The third-order valence-corrected chi connectivity index (χ3v) is 11.0. The second-order valence-electron chi connectivity index (χ2n) is 11.9. The van der Waals surface area contributed by atoms with Crippen LogP contribution in [0.15, 0.2) is 34.7 Å². The fourth-order valence-corrected chi connectivity index (χ4v) is 8.66. The Kier molecular flexibility index (Phi) is 7.91. The van der Waals surface area contributed by atoms with Crippen molar-refractivity contribution >= 4 is 55.9 Å². The van der Waals surface area contributed by atoms with Gasteiger partial charge in [-0.1, -0.05) is 47.5 Å². The average molecular weight is 644 g/mol. The molecule has 3 heterocycles. The molecule has 4 aromatic rings. The van der Waals surface area contributed by atoms with Crippen molar-refractivity contribution < 1.29 is 23.1 Å². The molecule has 2 aliphatic carbocycles. The van der Waals surface area contributed by atoms with Gasteiger partial charge in [0.15, 0.2) is 10.9 Å². The molecule has 7 rings (SSSR count). The number of anilines is 1. The van der Waals surface area contributed by atoms with E-state index in [0.29, 0.717) is 57.1 Å². The van der Waals surface area contributed by atoms with E-state index >= 15 is 0 Å². The Morgan fingerprint density at radius 3 is 2.65 bits per heavy atom. The number of aryl methyl sites for hydroxylation is 1. The van der Waals surface area contributed by atoms with Crippen LogP contribution in [0.4, 0.5) is 9.52 Å². The summed E-state index contributed by atoms with van der Waals surface area (Å²) in [6, 6.07) is 8.48. The summed E-state index contributed by atoms with van der Waals surface area (Å²) in [6.07, 6.45) is 5.27. The molecule has 2 aromatic heterocycles. The first-order chi connectivity index (χ1) is 20.9. The van der Waals surface area contributed by atoms with Gasteiger partial charge in [-0.3, -0.25) is 0 Å². The lowest BCUT2D eigenvalue weighted by molar-refractivity contribution is 0.0600. The Labute approximate surface area is 264 Å². The maximum atomic E-state index is 14.8. The monoisotopic (exact) mass is 642 g/mol. The van der Waals surface area contributed by atoms with Crippen LogP contribution in [0.25, 0.3) is 21.3 Å². The van der Waals surface area contributed by atoms with Gasteiger partial charge in [0.05, 0.1) is 40.6 Å². The topological polar surface area (TPSA) is 64.8 Å². The van der Waals surface area contributed by atoms with Gasteiger partial charge >= 0.3 is 5.97 Å². The second kappa shape index (κ2) is 11.7. The summed E-state index contributed by atoms with van der Waals surface area (Å²) < 4.78 is 33.2. The maximum absolute atomic E-state index is 14.8. The Balaban J connectivity index is 1.07. The van der Waals surface area contributed by atoms with Gasteiger partial charge in [0.1, 0.15) is 17.0 Å². The van der Waals surface area contributed by atoms with Crippen LogP contribution in [0.5, 0.6) is 0 Å². The van der Waals surface area contributed by atoms with Gasteiger partial charge < -0.3 is 18.8 Å². The summed E-state index contributed by atoms with van der Waals surface area (Å²) in [5.41, 5.74) is 3.41. The van der Waals surface area contributed by atoms with E-state index < -0.39 is 11.8 Å². The largest absolute Gasteiger partial charge is 0.465 e. The Morgan fingerprint density at radius 1 is 1.14 bits per heavy atom. The van der Waals surface area contributed by atoms with E-state index in [0.717, 1.165) is 78.5 Å². The zero-order valence-electron chi connectivity index (χ0n) is 24.1. The molecule has 3 atom stereocenters. The van der Waals surface area contributed by atoms with Crippen LogP contribution in [0.3, 0.4) is 0 Å². The first kappa shape index (κ1) is 29.1. The molecule has 2 aromatic carbocycles. The van der Waals surface area contributed by atoms with Gasteiger partial charge in [-0.15, -0.1) is 0 Å².